The zero-order valence-electron chi connectivity index (χ0n) is 14.6. The SMILES string of the molecule is CNC(=O)c1cc(C(=O)OC(C)(C)C)cc(-c2ccc(C)cn2)c1. The normalized spacial score (nSPS) is 11.0. The molecule has 0 bridgehead atoms. The number of carbonyl (C=O) groups is 2. The number of rotatable bonds is 3. The molecule has 2 rings (SSSR count). The molecule has 0 saturated carbocycles. The summed E-state index contributed by atoms with van der Waals surface area (Å²) in [7, 11) is 1.55. The first-order chi connectivity index (χ1) is 11.2. The molecule has 0 radical (unpaired) electrons. The van der Waals surface area contributed by atoms with Crippen LogP contribution in [0.5, 0.6) is 0 Å². The van der Waals surface area contributed by atoms with Crippen LogP contribution >= 0.6 is 0 Å². The fraction of sp³-hybridized carbons (Fsp3) is 0.316. The summed E-state index contributed by atoms with van der Waals surface area (Å²) in [6.07, 6.45) is 1.75. The van der Waals surface area contributed by atoms with E-state index >= 15 is 0 Å². The van der Waals surface area contributed by atoms with E-state index < -0.39 is 11.6 Å². The van der Waals surface area contributed by atoms with Gasteiger partial charge in [-0.25, -0.2) is 4.79 Å². The number of esters is 1. The fourth-order valence-electron chi connectivity index (χ4n) is 2.14. The van der Waals surface area contributed by atoms with Crippen LogP contribution in [0.2, 0.25) is 0 Å². The Balaban J connectivity index is 2.51. The summed E-state index contributed by atoms with van der Waals surface area (Å²) in [6, 6.07) is 8.73. The minimum absolute atomic E-state index is 0.270. The molecule has 126 valence electrons. The third-order valence-corrected chi connectivity index (χ3v) is 3.26. The molecule has 0 atom stereocenters. The number of aromatic nitrogens is 1. The first-order valence-corrected chi connectivity index (χ1v) is 7.73. The van der Waals surface area contributed by atoms with Gasteiger partial charge < -0.3 is 10.1 Å². The molecule has 0 aliphatic rings. The van der Waals surface area contributed by atoms with Gasteiger partial charge in [-0.15, -0.1) is 0 Å². The van der Waals surface area contributed by atoms with Crippen molar-refractivity contribution in [3.63, 3.8) is 0 Å². The molecule has 24 heavy (non-hydrogen) atoms. The molecule has 5 nitrogen and oxygen atoms in total. The van der Waals surface area contributed by atoms with Crippen molar-refractivity contribution in [1.29, 1.82) is 0 Å². The van der Waals surface area contributed by atoms with Crippen molar-refractivity contribution >= 4 is 11.9 Å². The van der Waals surface area contributed by atoms with E-state index in [1.54, 1.807) is 46.1 Å². The fourth-order valence-corrected chi connectivity index (χ4v) is 2.14. The van der Waals surface area contributed by atoms with Crippen molar-refractivity contribution in [3.8, 4) is 11.3 Å². The molecule has 1 aromatic heterocycles. The van der Waals surface area contributed by atoms with Gasteiger partial charge in [0.1, 0.15) is 5.60 Å². The number of benzene rings is 1. The Morgan fingerprint density at radius 2 is 1.75 bits per heavy atom. The average molecular weight is 326 g/mol. The van der Waals surface area contributed by atoms with E-state index in [1.807, 2.05) is 19.1 Å². The Morgan fingerprint density at radius 3 is 2.29 bits per heavy atom. The topological polar surface area (TPSA) is 68.3 Å². The van der Waals surface area contributed by atoms with Gasteiger partial charge in [-0.1, -0.05) is 6.07 Å². The number of carbonyl (C=O) groups excluding carboxylic acids is 2. The first kappa shape index (κ1) is 17.7. The summed E-state index contributed by atoms with van der Waals surface area (Å²) in [6.45, 7) is 7.35. The molecule has 0 aliphatic carbocycles. The predicted molar refractivity (Wildman–Crippen MR) is 93.0 cm³/mol. The Kier molecular flexibility index (Phi) is 5.02. The van der Waals surface area contributed by atoms with Crippen LogP contribution in [0, 0.1) is 6.92 Å². The van der Waals surface area contributed by atoms with Gasteiger partial charge in [0.15, 0.2) is 0 Å². The average Bonchev–Trinajstić information content (AvgIpc) is 2.52. The molecule has 0 saturated heterocycles. The molecule has 0 spiro atoms. The summed E-state index contributed by atoms with van der Waals surface area (Å²) < 4.78 is 5.41. The monoisotopic (exact) mass is 326 g/mol. The van der Waals surface area contributed by atoms with Gasteiger partial charge in [-0.2, -0.15) is 0 Å². The number of amides is 1. The Bertz CT molecular complexity index is 759. The highest BCUT2D eigenvalue weighted by Gasteiger charge is 2.20. The van der Waals surface area contributed by atoms with Crippen molar-refractivity contribution in [2.24, 2.45) is 0 Å². The maximum absolute atomic E-state index is 12.4. The Labute approximate surface area is 142 Å². The lowest BCUT2D eigenvalue weighted by Crippen LogP contribution is -2.24. The number of nitrogens with zero attached hydrogens (tertiary/aromatic N) is 1. The second-order valence-electron chi connectivity index (χ2n) is 6.60. The smallest absolute Gasteiger partial charge is 0.338 e. The van der Waals surface area contributed by atoms with Gasteiger partial charge in [-0.3, -0.25) is 9.78 Å². The van der Waals surface area contributed by atoms with Crippen LogP contribution in [0.25, 0.3) is 11.3 Å². The number of nitrogens with one attached hydrogen (secondary N) is 1. The predicted octanol–water partition coefficient (Wildman–Crippen LogP) is 3.37. The molecule has 0 aliphatic heterocycles. The zero-order valence-corrected chi connectivity index (χ0v) is 14.6. The van der Waals surface area contributed by atoms with E-state index in [2.05, 4.69) is 10.3 Å². The van der Waals surface area contributed by atoms with Gasteiger partial charge in [0.25, 0.3) is 5.91 Å². The number of hydrogen-bond donors (Lipinski definition) is 1. The van der Waals surface area contributed by atoms with E-state index in [9.17, 15) is 9.59 Å². The van der Waals surface area contributed by atoms with Crippen LogP contribution in [0.1, 0.15) is 47.1 Å². The van der Waals surface area contributed by atoms with Crippen molar-refractivity contribution in [2.45, 2.75) is 33.3 Å². The van der Waals surface area contributed by atoms with Gasteiger partial charge >= 0.3 is 5.97 Å². The highest BCUT2D eigenvalue weighted by molar-refractivity contribution is 5.99. The highest BCUT2D eigenvalue weighted by Crippen LogP contribution is 2.23. The van der Waals surface area contributed by atoms with Crippen LogP contribution in [-0.4, -0.2) is 29.5 Å². The maximum Gasteiger partial charge on any atom is 0.338 e. The molecule has 5 heteroatoms. The standard InChI is InChI=1S/C19H22N2O3/c1-12-6-7-16(21-11-12)13-8-14(17(22)20-5)10-15(9-13)18(23)24-19(2,3)4/h6-11H,1-5H3,(H,20,22). The molecule has 1 aromatic carbocycles. The number of hydrogen-bond acceptors (Lipinski definition) is 4. The van der Waals surface area contributed by atoms with Crippen LogP contribution < -0.4 is 5.32 Å². The van der Waals surface area contributed by atoms with Crippen LogP contribution in [0.3, 0.4) is 0 Å². The van der Waals surface area contributed by atoms with Crippen molar-refractivity contribution in [1.82, 2.24) is 10.3 Å². The van der Waals surface area contributed by atoms with Crippen LogP contribution in [-0.2, 0) is 4.74 Å². The van der Waals surface area contributed by atoms with E-state index in [4.69, 9.17) is 4.74 Å². The third kappa shape index (κ3) is 4.41. The minimum Gasteiger partial charge on any atom is -0.456 e. The zero-order chi connectivity index (χ0) is 17.9. The van der Waals surface area contributed by atoms with Crippen molar-refractivity contribution in [2.75, 3.05) is 7.05 Å². The summed E-state index contributed by atoms with van der Waals surface area (Å²) in [5, 5.41) is 2.57. The molecule has 1 N–H and O–H groups in total. The summed E-state index contributed by atoms with van der Waals surface area (Å²) >= 11 is 0. The molecular weight excluding hydrogens is 304 g/mol. The lowest BCUT2D eigenvalue weighted by atomic mass is 10.0. The minimum atomic E-state index is -0.609. The second kappa shape index (κ2) is 6.83. The molecule has 0 unspecified atom stereocenters. The Hall–Kier alpha value is -2.69. The molecule has 2 aromatic rings. The molecule has 1 heterocycles. The van der Waals surface area contributed by atoms with E-state index in [-0.39, 0.29) is 5.91 Å². The number of aryl methyl sites for hydroxylation is 1. The van der Waals surface area contributed by atoms with Crippen LogP contribution in [0.4, 0.5) is 0 Å². The van der Waals surface area contributed by atoms with E-state index in [0.717, 1.165) is 5.56 Å². The summed E-state index contributed by atoms with van der Waals surface area (Å²) in [4.78, 5) is 28.8. The molecule has 0 fully saturated rings. The van der Waals surface area contributed by atoms with E-state index in [1.165, 1.54) is 6.07 Å². The van der Waals surface area contributed by atoms with Gasteiger partial charge in [0, 0.05) is 24.4 Å². The maximum atomic E-state index is 12.4. The van der Waals surface area contributed by atoms with E-state index in [0.29, 0.717) is 22.4 Å². The Morgan fingerprint density at radius 1 is 1.08 bits per heavy atom. The highest BCUT2D eigenvalue weighted by atomic mass is 16.6. The number of ether oxygens (including phenoxy) is 1. The van der Waals surface area contributed by atoms with Crippen molar-refractivity contribution < 1.29 is 14.3 Å². The molecular formula is C19H22N2O3. The van der Waals surface area contributed by atoms with Gasteiger partial charge in [0.05, 0.1) is 11.3 Å². The molecule has 1 amide bonds. The lowest BCUT2D eigenvalue weighted by Gasteiger charge is -2.20. The lowest BCUT2D eigenvalue weighted by molar-refractivity contribution is 0.00695. The summed E-state index contributed by atoms with van der Waals surface area (Å²) in [5.41, 5.74) is 2.52. The largest absolute Gasteiger partial charge is 0.456 e. The second-order valence-corrected chi connectivity index (χ2v) is 6.60. The number of pyridine rings is 1. The van der Waals surface area contributed by atoms with Crippen LogP contribution in [0.15, 0.2) is 36.5 Å². The quantitative estimate of drug-likeness (QED) is 0.878. The summed E-state index contributed by atoms with van der Waals surface area (Å²) in [5.74, 6) is -0.740. The first-order valence-electron chi connectivity index (χ1n) is 7.73. The van der Waals surface area contributed by atoms with Gasteiger partial charge in [-0.05, 0) is 57.5 Å². The van der Waals surface area contributed by atoms with Crippen molar-refractivity contribution in [3.05, 3.63) is 53.2 Å². The van der Waals surface area contributed by atoms with Gasteiger partial charge in [0.2, 0.25) is 0 Å². The third-order valence-electron chi connectivity index (χ3n) is 3.26.